The summed E-state index contributed by atoms with van der Waals surface area (Å²) < 4.78 is 0. The second-order valence-corrected chi connectivity index (χ2v) is 6.92. The lowest BCUT2D eigenvalue weighted by molar-refractivity contribution is 0.101. The van der Waals surface area contributed by atoms with E-state index in [0.29, 0.717) is 6.17 Å². The number of nitrogens with zero attached hydrogens (tertiary/aromatic N) is 2. The van der Waals surface area contributed by atoms with E-state index in [0.717, 1.165) is 44.7 Å². The van der Waals surface area contributed by atoms with Crippen LogP contribution < -0.4 is 10.2 Å². The number of para-hydroxylation sites is 1. The summed E-state index contributed by atoms with van der Waals surface area (Å²) in [6.07, 6.45) is 1.44. The van der Waals surface area contributed by atoms with Crippen LogP contribution in [0.4, 0.5) is 5.69 Å². The third-order valence-corrected chi connectivity index (χ3v) is 5.14. The van der Waals surface area contributed by atoms with Gasteiger partial charge in [-0.2, -0.15) is 0 Å². The molecule has 26 heavy (non-hydrogen) atoms. The number of carbonyl (C=O) groups excluding carboxylic acids is 1. The van der Waals surface area contributed by atoms with Gasteiger partial charge in [-0.3, -0.25) is 15.0 Å². The van der Waals surface area contributed by atoms with E-state index in [1.54, 1.807) is 6.92 Å². The van der Waals surface area contributed by atoms with Gasteiger partial charge >= 0.3 is 0 Å². The van der Waals surface area contributed by atoms with Crippen LogP contribution >= 0.6 is 0 Å². The lowest BCUT2D eigenvalue weighted by Gasteiger charge is -2.40. The van der Waals surface area contributed by atoms with Crippen molar-refractivity contribution in [1.82, 2.24) is 10.2 Å². The minimum Gasteiger partial charge on any atom is -0.369 e. The molecule has 1 N–H and O–H groups in total. The van der Waals surface area contributed by atoms with Crippen LogP contribution in [0, 0.1) is 0 Å². The molecule has 4 nitrogen and oxygen atoms in total. The first-order chi connectivity index (χ1) is 12.7. The number of piperazine rings is 1. The molecule has 0 saturated carbocycles. The van der Waals surface area contributed by atoms with E-state index in [-0.39, 0.29) is 5.78 Å². The fourth-order valence-corrected chi connectivity index (χ4v) is 3.60. The molecule has 0 aromatic heterocycles. The first kappa shape index (κ1) is 18.6. The molecule has 1 atom stereocenters. The molecule has 1 heterocycles. The topological polar surface area (TPSA) is 35.6 Å². The fraction of sp³-hybridized carbons (Fsp3) is 0.409. The Hall–Kier alpha value is -2.17. The third-order valence-electron chi connectivity index (χ3n) is 5.14. The zero-order chi connectivity index (χ0) is 18.4. The van der Waals surface area contributed by atoms with Crippen molar-refractivity contribution in [2.75, 3.05) is 31.1 Å². The quantitative estimate of drug-likeness (QED) is 0.774. The van der Waals surface area contributed by atoms with Crippen molar-refractivity contribution in [3.8, 4) is 0 Å². The summed E-state index contributed by atoms with van der Waals surface area (Å²) in [4.78, 5) is 16.5. The number of Topliss-reactive ketones (excluding diaryl/α,β-unsaturated/α-hetero) is 1. The zero-order valence-electron chi connectivity index (χ0n) is 15.8. The molecule has 2 aromatic carbocycles. The summed E-state index contributed by atoms with van der Waals surface area (Å²) in [5, 5.41) is 3.67. The molecule has 3 rings (SSSR count). The number of hydrogen-bond donors (Lipinski definition) is 1. The van der Waals surface area contributed by atoms with Crippen LogP contribution in [0.15, 0.2) is 54.6 Å². The molecule has 138 valence electrons. The lowest BCUT2D eigenvalue weighted by atomic mass is 10.1. The van der Waals surface area contributed by atoms with E-state index >= 15 is 0 Å². The Morgan fingerprint density at radius 1 is 1.04 bits per heavy atom. The average Bonchev–Trinajstić information content (AvgIpc) is 2.70. The largest absolute Gasteiger partial charge is 0.369 e. The van der Waals surface area contributed by atoms with E-state index < -0.39 is 0 Å². The van der Waals surface area contributed by atoms with Crippen LogP contribution in [0.1, 0.15) is 36.2 Å². The van der Waals surface area contributed by atoms with Crippen LogP contribution in [0.25, 0.3) is 0 Å². The monoisotopic (exact) mass is 351 g/mol. The van der Waals surface area contributed by atoms with Gasteiger partial charge in [0.15, 0.2) is 5.78 Å². The van der Waals surface area contributed by atoms with Gasteiger partial charge in [-0.15, -0.1) is 0 Å². The van der Waals surface area contributed by atoms with Crippen molar-refractivity contribution in [2.45, 2.75) is 33.0 Å². The molecule has 1 fully saturated rings. The van der Waals surface area contributed by atoms with E-state index in [1.807, 2.05) is 18.2 Å². The summed E-state index contributed by atoms with van der Waals surface area (Å²) in [6, 6.07) is 18.6. The van der Waals surface area contributed by atoms with Crippen molar-refractivity contribution in [2.24, 2.45) is 0 Å². The Bertz CT molecular complexity index is 708. The summed E-state index contributed by atoms with van der Waals surface area (Å²) in [5.41, 5.74) is 3.27. The van der Waals surface area contributed by atoms with Crippen LogP contribution in [0.5, 0.6) is 0 Å². The number of nitrogens with one attached hydrogen (secondary N) is 1. The molecule has 0 bridgehead atoms. The van der Waals surface area contributed by atoms with Gasteiger partial charge < -0.3 is 4.90 Å². The molecule has 1 aliphatic heterocycles. The molecule has 2 aromatic rings. The molecule has 1 aliphatic rings. The zero-order valence-corrected chi connectivity index (χ0v) is 15.8. The summed E-state index contributed by atoms with van der Waals surface area (Å²) in [6.45, 7) is 8.88. The number of hydrogen-bond acceptors (Lipinski definition) is 4. The lowest BCUT2D eigenvalue weighted by Crippen LogP contribution is -2.54. The van der Waals surface area contributed by atoms with Gasteiger partial charge in [-0.1, -0.05) is 43.3 Å². The van der Waals surface area contributed by atoms with E-state index in [1.165, 1.54) is 11.3 Å². The van der Waals surface area contributed by atoms with Gasteiger partial charge in [-0.05, 0) is 37.1 Å². The molecule has 4 heteroatoms. The van der Waals surface area contributed by atoms with Gasteiger partial charge in [0, 0.05) is 44.0 Å². The highest BCUT2D eigenvalue weighted by Gasteiger charge is 2.22. The van der Waals surface area contributed by atoms with Crippen molar-refractivity contribution in [3.63, 3.8) is 0 Å². The van der Waals surface area contributed by atoms with Crippen LogP contribution in [0.2, 0.25) is 0 Å². The fourth-order valence-electron chi connectivity index (χ4n) is 3.60. The highest BCUT2D eigenvalue weighted by atomic mass is 16.1. The molecule has 1 unspecified atom stereocenters. The molecular weight excluding hydrogens is 322 g/mol. The molecular formula is C22H29N3O. The van der Waals surface area contributed by atoms with Gasteiger partial charge in [0.25, 0.3) is 0 Å². The van der Waals surface area contributed by atoms with Crippen LogP contribution in [0.3, 0.4) is 0 Å². The van der Waals surface area contributed by atoms with Crippen molar-refractivity contribution in [1.29, 1.82) is 0 Å². The smallest absolute Gasteiger partial charge is 0.159 e. The molecule has 0 amide bonds. The van der Waals surface area contributed by atoms with Gasteiger partial charge in [0.05, 0.1) is 6.17 Å². The first-order valence-corrected chi connectivity index (χ1v) is 9.54. The Kier molecular flexibility index (Phi) is 6.42. The van der Waals surface area contributed by atoms with Crippen molar-refractivity contribution in [3.05, 3.63) is 65.7 Å². The predicted molar refractivity (Wildman–Crippen MR) is 108 cm³/mol. The number of benzene rings is 2. The maximum atomic E-state index is 11.6. The predicted octanol–water partition coefficient (Wildman–Crippen LogP) is 3.54. The minimum atomic E-state index is 0.121. The number of carbonyl (C=O) groups is 1. The normalized spacial score (nSPS) is 16.5. The van der Waals surface area contributed by atoms with E-state index in [4.69, 9.17) is 0 Å². The maximum absolute atomic E-state index is 11.6. The molecule has 0 radical (unpaired) electrons. The second-order valence-electron chi connectivity index (χ2n) is 6.92. The summed E-state index contributed by atoms with van der Waals surface area (Å²) >= 11 is 0. The molecule has 0 aliphatic carbocycles. The Morgan fingerprint density at radius 3 is 2.42 bits per heavy atom. The average molecular weight is 351 g/mol. The SMILES string of the molecule is CCC(NCc1cccc(C(C)=O)c1)N1CCN(c2ccccc2)CC1. The van der Waals surface area contributed by atoms with Crippen LogP contribution in [-0.2, 0) is 6.54 Å². The van der Waals surface area contributed by atoms with Gasteiger partial charge in [0.1, 0.15) is 0 Å². The maximum Gasteiger partial charge on any atom is 0.159 e. The standard InChI is InChI=1S/C22H29N3O/c1-3-22(23-17-19-8-7-9-20(16-19)18(2)26)25-14-12-24(13-15-25)21-10-5-4-6-11-21/h4-11,16,22-23H,3,12-15,17H2,1-2H3. The number of anilines is 1. The minimum absolute atomic E-state index is 0.121. The second kappa shape index (κ2) is 8.97. The van der Waals surface area contributed by atoms with E-state index in [2.05, 4.69) is 58.4 Å². The third kappa shape index (κ3) is 4.71. The molecule has 1 saturated heterocycles. The van der Waals surface area contributed by atoms with E-state index in [9.17, 15) is 4.79 Å². The van der Waals surface area contributed by atoms with Crippen molar-refractivity contribution < 1.29 is 4.79 Å². The number of ketones is 1. The van der Waals surface area contributed by atoms with Crippen molar-refractivity contribution >= 4 is 11.5 Å². The number of rotatable bonds is 7. The molecule has 0 spiro atoms. The Balaban J connectivity index is 1.53. The summed E-state index contributed by atoms with van der Waals surface area (Å²) in [7, 11) is 0. The van der Waals surface area contributed by atoms with Gasteiger partial charge in [-0.25, -0.2) is 0 Å². The highest BCUT2D eigenvalue weighted by molar-refractivity contribution is 5.94. The van der Waals surface area contributed by atoms with Crippen LogP contribution in [-0.4, -0.2) is 43.0 Å². The van der Waals surface area contributed by atoms with Gasteiger partial charge in [0.2, 0.25) is 0 Å². The highest BCUT2D eigenvalue weighted by Crippen LogP contribution is 2.17. The Labute approximate surface area is 156 Å². The Morgan fingerprint density at radius 2 is 1.77 bits per heavy atom. The summed E-state index contributed by atoms with van der Waals surface area (Å²) in [5.74, 6) is 0.121. The first-order valence-electron chi connectivity index (χ1n) is 9.54.